The second-order valence-corrected chi connectivity index (χ2v) is 9.17. The molecule has 0 bridgehead atoms. The molecule has 2 atom stereocenters. The van der Waals surface area contributed by atoms with Crippen LogP contribution in [0.3, 0.4) is 0 Å². The number of hydrogen-bond donors (Lipinski definition) is 0. The van der Waals surface area contributed by atoms with Crippen molar-refractivity contribution < 1.29 is 4.79 Å². The van der Waals surface area contributed by atoms with E-state index in [1.165, 1.54) is 5.56 Å². The Morgan fingerprint density at radius 2 is 1.90 bits per heavy atom. The van der Waals surface area contributed by atoms with Crippen molar-refractivity contribution in [3.8, 4) is 0 Å². The molecule has 6 nitrogen and oxygen atoms in total. The van der Waals surface area contributed by atoms with Gasteiger partial charge in [0.25, 0.3) is 0 Å². The van der Waals surface area contributed by atoms with Gasteiger partial charge in [-0.3, -0.25) is 19.8 Å². The number of fused-ring (bicyclic) bond motifs is 1. The van der Waals surface area contributed by atoms with Crippen LogP contribution in [-0.2, 0) is 4.79 Å². The van der Waals surface area contributed by atoms with Gasteiger partial charge in [0.1, 0.15) is 0 Å². The van der Waals surface area contributed by atoms with E-state index >= 15 is 0 Å². The Balaban J connectivity index is 1.54. The predicted octanol–water partition coefficient (Wildman–Crippen LogP) is 3.36. The lowest BCUT2D eigenvalue weighted by molar-refractivity contribution is -0.134. The van der Waals surface area contributed by atoms with Crippen LogP contribution in [0.5, 0.6) is 0 Å². The molecule has 2 fully saturated rings. The van der Waals surface area contributed by atoms with Crippen LogP contribution in [-0.4, -0.2) is 72.2 Å². The Morgan fingerprint density at radius 1 is 1.17 bits per heavy atom. The molecule has 2 saturated heterocycles. The van der Waals surface area contributed by atoms with Crippen LogP contribution in [0.15, 0.2) is 29.5 Å². The van der Waals surface area contributed by atoms with Gasteiger partial charge in [0, 0.05) is 56.6 Å². The average molecular weight is 408 g/mol. The average Bonchev–Trinajstić information content (AvgIpc) is 2.75. The summed E-state index contributed by atoms with van der Waals surface area (Å²) in [6.45, 7) is 6.12. The molecular formula is C24H33N5O. The van der Waals surface area contributed by atoms with Crippen LogP contribution in [0.4, 0.5) is 0 Å². The van der Waals surface area contributed by atoms with E-state index in [4.69, 9.17) is 0 Å². The Labute approximate surface area is 179 Å². The number of amides is 1. The zero-order valence-corrected chi connectivity index (χ0v) is 18.4. The molecule has 1 aromatic carbocycles. The topological polar surface area (TPSA) is 61.7 Å². The third-order valence-electron chi connectivity index (χ3n) is 6.71. The molecule has 6 heteroatoms. The maximum atomic E-state index is 13.1. The monoisotopic (exact) mass is 407 g/mol. The molecule has 1 aromatic heterocycles. The summed E-state index contributed by atoms with van der Waals surface area (Å²) in [5, 5.41) is 0. The SMILES string of the molecule is CN=Cc1ccc([C@H]2C[C@H](C)CN(C(=O)CC3CCN(C)CC3)C2)c2nccnc12. The molecule has 0 aliphatic carbocycles. The maximum absolute atomic E-state index is 13.1. The quantitative estimate of drug-likeness (QED) is 0.729. The van der Waals surface area contributed by atoms with Crippen molar-refractivity contribution in [3.05, 3.63) is 35.7 Å². The van der Waals surface area contributed by atoms with Gasteiger partial charge in [-0.1, -0.05) is 19.1 Å². The first-order valence-corrected chi connectivity index (χ1v) is 11.2. The molecule has 160 valence electrons. The van der Waals surface area contributed by atoms with Crippen LogP contribution in [0.1, 0.15) is 49.7 Å². The fraction of sp³-hybridized carbons (Fsp3) is 0.583. The summed E-state index contributed by atoms with van der Waals surface area (Å²) in [7, 11) is 3.94. The number of benzene rings is 1. The highest BCUT2D eigenvalue weighted by molar-refractivity contribution is 5.97. The van der Waals surface area contributed by atoms with E-state index < -0.39 is 0 Å². The highest BCUT2D eigenvalue weighted by atomic mass is 16.2. The Bertz CT molecular complexity index is 919. The Hall–Kier alpha value is -2.34. The fourth-order valence-electron chi connectivity index (χ4n) is 5.09. The van der Waals surface area contributed by atoms with Gasteiger partial charge in [-0.2, -0.15) is 0 Å². The Kier molecular flexibility index (Phi) is 6.42. The zero-order chi connectivity index (χ0) is 21.1. The molecule has 4 rings (SSSR count). The number of aromatic nitrogens is 2. The van der Waals surface area contributed by atoms with Gasteiger partial charge < -0.3 is 9.80 Å². The number of carbonyl (C=O) groups is 1. The van der Waals surface area contributed by atoms with Gasteiger partial charge in [-0.15, -0.1) is 0 Å². The van der Waals surface area contributed by atoms with Crippen molar-refractivity contribution in [3.63, 3.8) is 0 Å². The van der Waals surface area contributed by atoms with Crippen LogP contribution < -0.4 is 0 Å². The minimum Gasteiger partial charge on any atom is -0.342 e. The number of rotatable bonds is 4. The molecule has 2 aliphatic heterocycles. The number of piperidine rings is 2. The van der Waals surface area contributed by atoms with Gasteiger partial charge in [0.15, 0.2) is 0 Å². The minimum atomic E-state index is 0.294. The fourth-order valence-corrected chi connectivity index (χ4v) is 5.09. The van der Waals surface area contributed by atoms with Crippen LogP contribution in [0.25, 0.3) is 11.0 Å². The summed E-state index contributed by atoms with van der Waals surface area (Å²) in [5.41, 5.74) is 4.03. The third kappa shape index (κ3) is 4.53. The lowest BCUT2D eigenvalue weighted by Crippen LogP contribution is -2.43. The summed E-state index contributed by atoms with van der Waals surface area (Å²) in [4.78, 5) is 31.0. The van der Waals surface area contributed by atoms with Crippen LogP contribution >= 0.6 is 0 Å². The van der Waals surface area contributed by atoms with Gasteiger partial charge in [-0.25, -0.2) is 0 Å². The van der Waals surface area contributed by atoms with Gasteiger partial charge in [0.2, 0.25) is 5.91 Å². The van der Waals surface area contributed by atoms with E-state index in [1.807, 2.05) is 6.21 Å². The standard InChI is InChI=1S/C24H33N5O/c1-17-12-20(16-29(15-17)22(30)13-18-6-10-28(3)11-7-18)21-5-4-19(14-25-2)23-24(21)27-9-8-26-23/h4-5,8-9,14,17-18,20H,6-7,10-13,15-16H2,1-3H3/t17-,20-/m0/s1. The predicted molar refractivity (Wildman–Crippen MR) is 121 cm³/mol. The number of aliphatic imine (C=N–C) groups is 1. The molecule has 1 amide bonds. The molecule has 0 radical (unpaired) electrons. The van der Waals surface area contributed by atoms with E-state index in [2.05, 4.69) is 50.9 Å². The molecule has 2 aromatic rings. The summed E-state index contributed by atoms with van der Waals surface area (Å²) in [6, 6.07) is 4.25. The normalized spacial score (nSPS) is 24.0. The molecular weight excluding hydrogens is 374 g/mol. The van der Waals surface area contributed by atoms with Gasteiger partial charge in [0.05, 0.1) is 11.0 Å². The summed E-state index contributed by atoms with van der Waals surface area (Å²) < 4.78 is 0. The zero-order valence-electron chi connectivity index (χ0n) is 18.4. The summed E-state index contributed by atoms with van der Waals surface area (Å²) in [6.07, 6.45) is 9.37. The lowest BCUT2D eigenvalue weighted by Gasteiger charge is -2.38. The van der Waals surface area contributed by atoms with Crippen molar-refractivity contribution >= 4 is 23.2 Å². The number of nitrogens with zero attached hydrogens (tertiary/aromatic N) is 5. The molecule has 0 spiro atoms. The Morgan fingerprint density at radius 3 is 2.63 bits per heavy atom. The van der Waals surface area contributed by atoms with Gasteiger partial charge in [-0.05, 0) is 56.8 Å². The maximum Gasteiger partial charge on any atom is 0.222 e. The van der Waals surface area contributed by atoms with Crippen LogP contribution in [0, 0.1) is 11.8 Å². The summed E-state index contributed by atoms with van der Waals surface area (Å²) in [5.74, 6) is 1.63. The molecule has 2 aliphatic rings. The van der Waals surface area contributed by atoms with E-state index in [-0.39, 0.29) is 0 Å². The first-order chi connectivity index (χ1) is 14.5. The minimum absolute atomic E-state index is 0.294. The molecule has 30 heavy (non-hydrogen) atoms. The van der Waals surface area contributed by atoms with Crippen LogP contribution in [0.2, 0.25) is 0 Å². The number of hydrogen-bond acceptors (Lipinski definition) is 5. The first kappa shape index (κ1) is 20.9. The summed E-state index contributed by atoms with van der Waals surface area (Å²) >= 11 is 0. The van der Waals surface area contributed by atoms with E-state index in [9.17, 15) is 4.79 Å². The lowest BCUT2D eigenvalue weighted by atomic mass is 9.83. The second-order valence-electron chi connectivity index (χ2n) is 9.17. The van der Waals surface area contributed by atoms with E-state index in [0.717, 1.165) is 62.0 Å². The van der Waals surface area contributed by atoms with Crippen molar-refractivity contribution in [1.29, 1.82) is 0 Å². The third-order valence-corrected chi connectivity index (χ3v) is 6.71. The number of likely N-dealkylation sites (tertiary alicyclic amines) is 2. The van der Waals surface area contributed by atoms with E-state index in [1.54, 1.807) is 19.4 Å². The van der Waals surface area contributed by atoms with Gasteiger partial charge >= 0.3 is 0 Å². The molecule has 0 N–H and O–H groups in total. The highest BCUT2D eigenvalue weighted by Gasteiger charge is 2.31. The number of carbonyl (C=O) groups excluding carboxylic acids is 1. The van der Waals surface area contributed by atoms with Crippen molar-refractivity contribution in [1.82, 2.24) is 19.8 Å². The highest BCUT2D eigenvalue weighted by Crippen LogP contribution is 2.34. The van der Waals surface area contributed by atoms with E-state index in [0.29, 0.717) is 30.1 Å². The van der Waals surface area contributed by atoms with Crippen molar-refractivity contribution in [2.45, 2.75) is 38.5 Å². The smallest absolute Gasteiger partial charge is 0.222 e. The van der Waals surface area contributed by atoms with Crippen molar-refractivity contribution in [2.24, 2.45) is 16.8 Å². The molecule has 0 saturated carbocycles. The first-order valence-electron chi connectivity index (χ1n) is 11.2. The molecule has 0 unspecified atom stereocenters. The second kappa shape index (κ2) is 9.21. The van der Waals surface area contributed by atoms with Crippen molar-refractivity contribution in [2.75, 3.05) is 40.3 Å². The molecule has 3 heterocycles. The largest absolute Gasteiger partial charge is 0.342 e.